The van der Waals surface area contributed by atoms with Crippen molar-refractivity contribution in [3.8, 4) is 0 Å². The van der Waals surface area contributed by atoms with Crippen LogP contribution in [0.2, 0.25) is 5.02 Å². The van der Waals surface area contributed by atoms with E-state index >= 15 is 0 Å². The summed E-state index contributed by atoms with van der Waals surface area (Å²) in [6.45, 7) is 1.00. The largest absolute Gasteiger partial charge is 0.354 e. The highest BCUT2D eigenvalue weighted by atomic mass is 35.5. The number of carbonyl (C=O) groups is 1. The van der Waals surface area contributed by atoms with E-state index in [1.54, 1.807) is 30.9 Å². The first-order valence-corrected chi connectivity index (χ1v) is 8.72. The van der Waals surface area contributed by atoms with Crippen LogP contribution >= 0.6 is 11.6 Å². The first-order valence-electron chi connectivity index (χ1n) is 6.69. The SMILES string of the molecule is O=C(CCS(=O)(=O)c1ccccc1Cl)NCCn1ccnc1. The Kier molecular flexibility index (Phi) is 5.57. The molecule has 118 valence electrons. The van der Waals surface area contributed by atoms with Crippen LogP contribution in [0.3, 0.4) is 0 Å². The van der Waals surface area contributed by atoms with Crippen molar-refractivity contribution in [3.63, 3.8) is 0 Å². The molecule has 0 atom stereocenters. The fourth-order valence-corrected chi connectivity index (χ4v) is 3.68. The third kappa shape index (κ3) is 4.57. The van der Waals surface area contributed by atoms with Crippen molar-refractivity contribution in [2.75, 3.05) is 12.3 Å². The number of benzene rings is 1. The number of aromatic nitrogens is 2. The van der Waals surface area contributed by atoms with Crippen molar-refractivity contribution in [3.05, 3.63) is 48.0 Å². The number of rotatable bonds is 7. The summed E-state index contributed by atoms with van der Waals surface area (Å²) in [7, 11) is -3.56. The smallest absolute Gasteiger partial charge is 0.221 e. The molecule has 1 aromatic carbocycles. The van der Waals surface area contributed by atoms with Crippen LogP contribution in [0, 0.1) is 0 Å². The maximum absolute atomic E-state index is 12.1. The Morgan fingerprint density at radius 3 is 2.77 bits per heavy atom. The number of sulfone groups is 1. The molecule has 0 fully saturated rings. The first-order chi connectivity index (χ1) is 10.5. The van der Waals surface area contributed by atoms with Crippen LogP contribution < -0.4 is 5.32 Å². The predicted octanol–water partition coefficient (Wildman–Crippen LogP) is 1.52. The minimum absolute atomic E-state index is 0.0582. The van der Waals surface area contributed by atoms with Gasteiger partial charge in [0.1, 0.15) is 0 Å². The molecule has 22 heavy (non-hydrogen) atoms. The van der Waals surface area contributed by atoms with Gasteiger partial charge in [-0.1, -0.05) is 23.7 Å². The molecule has 0 saturated heterocycles. The lowest BCUT2D eigenvalue weighted by Gasteiger charge is -2.08. The first kappa shape index (κ1) is 16.5. The molecular weight excluding hydrogens is 326 g/mol. The van der Waals surface area contributed by atoms with Gasteiger partial charge in [0.2, 0.25) is 5.91 Å². The number of nitrogens with zero attached hydrogens (tertiary/aromatic N) is 2. The Balaban J connectivity index is 1.81. The van der Waals surface area contributed by atoms with Gasteiger partial charge in [-0.15, -0.1) is 0 Å². The molecule has 2 rings (SSSR count). The van der Waals surface area contributed by atoms with Crippen molar-refractivity contribution >= 4 is 27.3 Å². The van der Waals surface area contributed by atoms with E-state index in [4.69, 9.17) is 11.6 Å². The van der Waals surface area contributed by atoms with Crippen LogP contribution in [-0.4, -0.2) is 36.2 Å². The molecule has 0 aliphatic heterocycles. The van der Waals surface area contributed by atoms with Gasteiger partial charge in [0.15, 0.2) is 9.84 Å². The number of halogens is 1. The van der Waals surface area contributed by atoms with E-state index in [0.29, 0.717) is 13.1 Å². The lowest BCUT2D eigenvalue weighted by Crippen LogP contribution is -2.28. The lowest BCUT2D eigenvalue weighted by atomic mass is 10.4. The van der Waals surface area contributed by atoms with Crippen LogP contribution in [0.1, 0.15) is 6.42 Å². The zero-order valence-corrected chi connectivity index (χ0v) is 13.3. The lowest BCUT2D eigenvalue weighted by molar-refractivity contribution is -0.120. The van der Waals surface area contributed by atoms with Crippen LogP contribution in [0.5, 0.6) is 0 Å². The molecule has 0 aliphatic carbocycles. The summed E-state index contributed by atoms with van der Waals surface area (Å²) in [6.07, 6.45) is 4.98. The highest BCUT2D eigenvalue weighted by Gasteiger charge is 2.18. The molecule has 1 N–H and O–H groups in total. The van der Waals surface area contributed by atoms with Crippen molar-refractivity contribution in [1.82, 2.24) is 14.9 Å². The number of hydrogen-bond acceptors (Lipinski definition) is 4. The predicted molar refractivity (Wildman–Crippen MR) is 83.4 cm³/mol. The minimum Gasteiger partial charge on any atom is -0.354 e. The van der Waals surface area contributed by atoms with Gasteiger partial charge in [-0.05, 0) is 12.1 Å². The molecule has 0 spiro atoms. The van der Waals surface area contributed by atoms with Crippen molar-refractivity contribution in [2.24, 2.45) is 0 Å². The number of nitrogens with one attached hydrogen (secondary N) is 1. The highest BCUT2D eigenvalue weighted by molar-refractivity contribution is 7.91. The average Bonchev–Trinajstić information content (AvgIpc) is 2.99. The molecule has 0 aliphatic rings. The van der Waals surface area contributed by atoms with E-state index in [1.165, 1.54) is 12.1 Å². The van der Waals surface area contributed by atoms with E-state index in [0.717, 1.165) is 0 Å². The summed E-state index contributed by atoms with van der Waals surface area (Å²) < 4.78 is 26.1. The monoisotopic (exact) mass is 341 g/mol. The molecule has 1 heterocycles. The maximum atomic E-state index is 12.1. The van der Waals surface area contributed by atoms with Crippen LogP contribution in [0.15, 0.2) is 47.9 Å². The third-order valence-corrected chi connectivity index (χ3v) is 5.23. The molecule has 0 unspecified atom stereocenters. The summed E-state index contributed by atoms with van der Waals surface area (Å²) in [5, 5.41) is 2.84. The average molecular weight is 342 g/mol. The van der Waals surface area contributed by atoms with Crippen LogP contribution in [0.25, 0.3) is 0 Å². The van der Waals surface area contributed by atoms with Gasteiger partial charge in [0.05, 0.1) is 22.0 Å². The van der Waals surface area contributed by atoms with Crippen molar-refractivity contribution in [2.45, 2.75) is 17.9 Å². The van der Waals surface area contributed by atoms with Gasteiger partial charge in [-0.25, -0.2) is 13.4 Å². The number of imidazole rings is 1. The summed E-state index contributed by atoms with van der Waals surface area (Å²) in [5.74, 6) is -0.580. The quantitative estimate of drug-likeness (QED) is 0.827. The zero-order chi connectivity index (χ0) is 16.0. The summed E-state index contributed by atoms with van der Waals surface area (Å²) >= 11 is 5.88. The molecule has 0 saturated carbocycles. The summed E-state index contributed by atoms with van der Waals surface area (Å²) in [5.41, 5.74) is 0. The highest BCUT2D eigenvalue weighted by Crippen LogP contribution is 2.22. The Morgan fingerprint density at radius 2 is 2.09 bits per heavy atom. The van der Waals surface area contributed by atoms with Crippen LogP contribution in [-0.2, 0) is 21.2 Å². The molecule has 0 bridgehead atoms. The molecule has 1 amide bonds. The van der Waals surface area contributed by atoms with E-state index in [-0.39, 0.29) is 28.0 Å². The molecule has 1 aromatic heterocycles. The molecule has 8 heteroatoms. The van der Waals surface area contributed by atoms with E-state index < -0.39 is 9.84 Å². The van der Waals surface area contributed by atoms with E-state index in [2.05, 4.69) is 10.3 Å². The molecule has 0 radical (unpaired) electrons. The Labute approximate surface area is 134 Å². The van der Waals surface area contributed by atoms with Gasteiger partial charge >= 0.3 is 0 Å². The standard InChI is InChI=1S/C14H16ClN3O3S/c15-12-3-1-2-4-13(12)22(20,21)10-5-14(19)17-7-9-18-8-6-16-11-18/h1-4,6,8,11H,5,7,9-10H2,(H,17,19). The maximum Gasteiger partial charge on any atom is 0.221 e. The van der Waals surface area contributed by atoms with Gasteiger partial charge in [-0.3, -0.25) is 4.79 Å². The van der Waals surface area contributed by atoms with E-state index in [9.17, 15) is 13.2 Å². The molecular formula is C14H16ClN3O3S. The van der Waals surface area contributed by atoms with E-state index in [1.807, 2.05) is 4.57 Å². The van der Waals surface area contributed by atoms with Gasteiger partial charge < -0.3 is 9.88 Å². The number of carbonyl (C=O) groups excluding carboxylic acids is 1. The third-order valence-electron chi connectivity index (χ3n) is 3.02. The summed E-state index contributed by atoms with van der Waals surface area (Å²) in [4.78, 5) is 15.6. The normalized spacial score (nSPS) is 11.3. The second-order valence-electron chi connectivity index (χ2n) is 4.65. The Morgan fingerprint density at radius 1 is 1.32 bits per heavy atom. The number of amides is 1. The minimum atomic E-state index is -3.56. The van der Waals surface area contributed by atoms with Crippen molar-refractivity contribution in [1.29, 1.82) is 0 Å². The van der Waals surface area contributed by atoms with Gasteiger partial charge in [-0.2, -0.15) is 0 Å². The zero-order valence-electron chi connectivity index (χ0n) is 11.8. The molecule has 6 nitrogen and oxygen atoms in total. The fraction of sp³-hybridized carbons (Fsp3) is 0.286. The second-order valence-corrected chi connectivity index (χ2v) is 7.13. The Bertz CT molecular complexity index is 730. The Hall–Kier alpha value is -1.86. The van der Waals surface area contributed by atoms with Gasteiger partial charge in [0, 0.05) is 31.9 Å². The second kappa shape index (κ2) is 7.42. The molecule has 2 aromatic rings. The summed E-state index contributed by atoms with van der Waals surface area (Å²) in [6, 6.07) is 6.21. The number of hydrogen-bond donors (Lipinski definition) is 1. The van der Waals surface area contributed by atoms with Crippen molar-refractivity contribution < 1.29 is 13.2 Å². The van der Waals surface area contributed by atoms with Crippen LogP contribution in [0.4, 0.5) is 0 Å². The topological polar surface area (TPSA) is 81.1 Å². The fourth-order valence-electron chi connectivity index (χ4n) is 1.87. The van der Waals surface area contributed by atoms with Gasteiger partial charge in [0.25, 0.3) is 0 Å².